The fraction of sp³-hybridized carbons (Fsp3) is 1.00. The molecule has 0 aliphatic heterocycles. The van der Waals surface area contributed by atoms with Crippen LogP contribution in [0.4, 0.5) is 0 Å². The van der Waals surface area contributed by atoms with Crippen LogP contribution in [0.5, 0.6) is 0 Å². The molecule has 3 atom stereocenters. The Morgan fingerprint density at radius 2 is 2.15 bits per heavy atom. The Morgan fingerprint density at radius 3 is 2.69 bits per heavy atom. The van der Waals surface area contributed by atoms with Crippen LogP contribution in [-0.2, 0) is 0 Å². The molecule has 13 heavy (non-hydrogen) atoms. The van der Waals surface area contributed by atoms with E-state index in [0.29, 0.717) is 6.04 Å². The minimum atomic E-state index is -0.225. The summed E-state index contributed by atoms with van der Waals surface area (Å²) < 4.78 is 0. The Hall–Kier alpha value is -0.0800. The molecule has 0 saturated heterocycles. The number of nitrogens with zero attached hydrogens (tertiary/aromatic N) is 1. The lowest BCUT2D eigenvalue weighted by Crippen LogP contribution is -2.33. The van der Waals surface area contributed by atoms with Crippen LogP contribution in [0.2, 0.25) is 0 Å². The van der Waals surface area contributed by atoms with Crippen molar-refractivity contribution in [2.75, 3.05) is 7.05 Å². The highest BCUT2D eigenvalue weighted by molar-refractivity contribution is 4.94. The molecule has 78 valence electrons. The molecule has 0 spiro atoms. The first-order valence-corrected chi connectivity index (χ1v) is 5.60. The van der Waals surface area contributed by atoms with Gasteiger partial charge in [0.1, 0.15) is 6.23 Å². The topological polar surface area (TPSA) is 23.5 Å². The van der Waals surface area contributed by atoms with Gasteiger partial charge in [0.25, 0.3) is 0 Å². The lowest BCUT2D eigenvalue weighted by molar-refractivity contribution is 0.0107. The summed E-state index contributed by atoms with van der Waals surface area (Å²) >= 11 is 0. The zero-order chi connectivity index (χ0) is 9.84. The second-order valence-corrected chi connectivity index (χ2v) is 4.26. The second-order valence-electron chi connectivity index (χ2n) is 4.26. The summed E-state index contributed by atoms with van der Waals surface area (Å²) in [7, 11) is 2.05. The fourth-order valence-corrected chi connectivity index (χ4v) is 2.02. The van der Waals surface area contributed by atoms with E-state index in [9.17, 15) is 5.11 Å². The number of unbranched alkanes of at least 4 members (excludes halogenated alkanes) is 1. The average Bonchev–Trinajstić information content (AvgIpc) is 2.91. The Balaban J connectivity index is 2.17. The van der Waals surface area contributed by atoms with Crippen LogP contribution >= 0.6 is 0 Å². The summed E-state index contributed by atoms with van der Waals surface area (Å²) in [5.41, 5.74) is 0. The Bertz CT molecular complexity index is 149. The maximum atomic E-state index is 9.61. The normalized spacial score (nSPS) is 29.3. The van der Waals surface area contributed by atoms with Gasteiger partial charge >= 0.3 is 0 Å². The van der Waals surface area contributed by atoms with E-state index < -0.39 is 0 Å². The van der Waals surface area contributed by atoms with E-state index in [0.717, 1.165) is 12.3 Å². The molecule has 2 nitrogen and oxygen atoms in total. The number of hydrogen-bond donors (Lipinski definition) is 1. The summed E-state index contributed by atoms with van der Waals surface area (Å²) in [5.74, 6) is 0.867. The van der Waals surface area contributed by atoms with Gasteiger partial charge in [0.15, 0.2) is 0 Å². The smallest absolute Gasteiger partial charge is 0.107 e. The monoisotopic (exact) mass is 185 g/mol. The standard InChI is InChI=1S/C11H23NO/c1-4-6-7-9-8-10(9)12(3)11(13)5-2/h9-11,13H,4-8H2,1-3H3. The van der Waals surface area contributed by atoms with Crippen molar-refractivity contribution in [3.8, 4) is 0 Å². The van der Waals surface area contributed by atoms with Crippen molar-refractivity contribution >= 4 is 0 Å². The van der Waals surface area contributed by atoms with Gasteiger partial charge in [-0.15, -0.1) is 0 Å². The van der Waals surface area contributed by atoms with E-state index in [1.165, 1.54) is 25.7 Å². The van der Waals surface area contributed by atoms with Crippen LogP contribution < -0.4 is 0 Å². The number of aliphatic hydroxyl groups is 1. The third-order valence-electron chi connectivity index (χ3n) is 3.17. The number of rotatable bonds is 6. The van der Waals surface area contributed by atoms with Crippen molar-refractivity contribution in [2.24, 2.45) is 5.92 Å². The maximum Gasteiger partial charge on any atom is 0.107 e. The summed E-state index contributed by atoms with van der Waals surface area (Å²) in [6.45, 7) is 4.27. The third-order valence-corrected chi connectivity index (χ3v) is 3.17. The van der Waals surface area contributed by atoms with Crippen molar-refractivity contribution in [2.45, 2.75) is 58.2 Å². The summed E-state index contributed by atoms with van der Waals surface area (Å²) in [6.07, 6.45) is 5.90. The molecule has 1 saturated carbocycles. The van der Waals surface area contributed by atoms with Gasteiger partial charge in [-0.2, -0.15) is 0 Å². The van der Waals surface area contributed by atoms with E-state index in [1.807, 2.05) is 14.0 Å². The maximum absolute atomic E-state index is 9.61. The van der Waals surface area contributed by atoms with Gasteiger partial charge in [0, 0.05) is 6.04 Å². The Morgan fingerprint density at radius 1 is 1.46 bits per heavy atom. The van der Waals surface area contributed by atoms with Crippen LogP contribution in [0.1, 0.15) is 46.0 Å². The van der Waals surface area contributed by atoms with Gasteiger partial charge in [-0.1, -0.05) is 26.7 Å². The van der Waals surface area contributed by atoms with Crippen LogP contribution in [0.15, 0.2) is 0 Å². The molecule has 0 aromatic rings. The van der Waals surface area contributed by atoms with Crippen molar-refractivity contribution in [1.82, 2.24) is 4.90 Å². The molecule has 2 heteroatoms. The largest absolute Gasteiger partial charge is 0.378 e. The lowest BCUT2D eigenvalue weighted by atomic mass is 10.2. The predicted molar refractivity (Wildman–Crippen MR) is 55.5 cm³/mol. The van der Waals surface area contributed by atoms with E-state index >= 15 is 0 Å². The summed E-state index contributed by atoms with van der Waals surface area (Å²) in [6, 6.07) is 0.668. The molecule has 0 amide bonds. The quantitative estimate of drug-likeness (QED) is 0.641. The van der Waals surface area contributed by atoms with Crippen molar-refractivity contribution in [3.05, 3.63) is 0 Å². The third kappa shape index (κ3) is 2.96. The van der Waals surface area contributed by atoms with E-state index in [4.69, 9.17) is 0 Å². The van der Waals surface area contributed by atoms with Gasteiger partial charge in [0.2, 0.25) is 0 Å². The fourth-order valence-electron chi connectivity index (χ4n) is 2.02. The molecule has 1 aliphatic carbocycles. The van der Waals surface area contributed by atoms with Crippen LogP contribution in [-0.4, -0.2) is 29.3 Å². The predicted octanol–water partition coefficient (Wildman–Crippen LogP) is 2.23. The molecule has 1 fully saturated rings. The molecule has 0 bridgehead atoms. The molecular weight excluding hydrogens is 162 g/mol. The summed E-state index contributed by atoms with van der Waals surface area (Å²) in [4.78, 5) is 2.14. The molecular formula is C11H23NO. The van der Waals surface area contributed by atoms with E-state index in [-0.39, 0.29) is 6.23 Å². The zero-order valence-corrected chi connectivity index (χ0v) is 9.16. The first-order chi connectivity index (χ1) is 6.20. The molecule has 0 heterocycles. The van der Waals surface area contributed by atoms with Crippen LogP contribution in [0, 0.1) is 5.92 Å². The van der Waals surface area contributed by atoms with E-state index in [2.05, 4.69) is 11.8 Å². The zero-order valence-electron chi connectivity index (χ0n) is 9.16. The van der Waals surface area contributed by atoms with Gasteiger partial charge in [0.05, 0.1) is 0 Å². The molecule has 1 N–H and O–H groups in total. The lowest BCUT2D eigenvalue weighted by Gasteiger charge is -2.22. The molecule has 3 unspecified atom stereocenters. The highest BCUT2D eigenvalue weighted by atomic mass is 16.3. The van der Waals surface area contributed by atoms with Gasteiger partial charge < -0.3 is 5.11 Å². The van der Waals surface area contributed by atoms with Crippen LogP contribution in [0.3, 0.4) is 0 Å². The highest BCUT2D eigenvalue weighted by Gasteiger charge is 2.40. The average molecular weight is 185 g/mol. The number of hydrogen-bond acceptors (Lipinski definition) is 2. The number of aliphatic hydroxyl groups excluding tert-OH is 1. The molecule has 1 rings (SSSR count). The van der Waals surface area contributed by atoms with Crippen molar-refractivity contribution in [1.29, 1.82) is 0 Å². The van der Waals surface area contributed by atoms with E-state index in [1.54, 1.807) is 0 Å². The first kappa shape index (κ1) is 11.0. The van der Waals surface area contributed by atoms with Gasteiger partial charge in [-0.25, -0.2) is 0 Å². The minimum absolute atomic E-state index is 0.225. The highest BCUT2D eigenvalue weighted by Crippen LogP contribution is 2.39. The summed E-state index contributed by atoms with van der Waals surface area (Å²) in [5, 5.41) is 9.61. The van der Waals surface area contributed by atoms with Crippen molar-refractivity contribution in [3.63, 3.8) is 0 Å². The van der Waals surface area contributed by atoms with Gasteiger partial charge in [-0.3, -0.25) is 4.90 Å². The van der Waals surface area contributed by atoms with Crippen LogP contribution in [0.25, 0.3) is 0 Å². The first-order valence-electron chi connectivity index (χ1n) is 5.60. The Kier molecular flexibility index (Phi) is 4.20. The second kappa shape index (κ2) is 4.97. The SMILES string of the molecule is CCCCC1CC1N(C)C(O)CC. The Labute approximate surface area is 81.9 Å². The molecule has 0 aromatic heterocycles. The minimum Gasteiger partial charge on any atom is -0.378 e. The van der Waals surface area contributed by atoms with Crippen molar-refractivity contribution < 1.29 is 5.11 Å². The molecule has 0 aromatic carbocycles. The van der Waals surface area contributed by atoms with Gasteiger partial charge in [-0.05, 0) is 32.2 Å². The molecule has 0 radical (unpaired) electrons. The molecule has 1 aliphatic rings.